The predicted octanol–water partition coefficient (Wildman–Crippen LogP) is 2.36. The van der Waals surface area contributed by atoms with E-state index in [1.165, 1.54) is 23.1 Å². The third-order valence-electron chi connectivity index (χ3n) is 5.45. The summed E-state index contributed by atoms with van der Waals surface area (Å²) in [6.07, 6.45) is -1.14. The van der Waals surface area contributed by atoms with Crippen molar-refractivity contribution < 1.29 is 19.1 Å². The normalized spacial score (nSPS) is 16.5. The van der Waals surface area contributed by atoms with Crippen LogP contribution in [0.2, 0.25) is 0 Å². The van der Waals surface area contributed by atoms with Crippen LogP contribution in [0.25, 0.3) is 0 Å². The molecule has 0 spiro atoms. The molecule has 2 atom stereocenters. The fraction of sp³-hybridized carbons (Fsp3) is 0.160. The second-order valence-electron chi connectivity index (χ2n) is 7.76. The molecule has 3 aromatic carbocycles. The predicted molar refractivity (Wildman–Crippen MR) is 124 cm³/mol. The van der Waals surface area contributed by atoms with E-state index in [1.54, 1.807) is 61.6 Å². The van der Waals surface area contributed by atoms with Gasteiger partial charge in [-0.25, -0.2) is 9.38 Å². The fourth-order valence-electron chi connectivity index (χ4n) is 3.76. The van der Waals surface area contributed by atoms with E-state index >= 15 is 0 Å². The van der Waals surface area contributed by atoms with Crippen molar-refractivity contribution in [2.75, 3.05) is 11.9 Å². The molecule has 0 aliphatic carbocycles. The van der Waals surface area contributed by atoms with Crippen molar-refractivity contribution in [3.05, 3.63) is 95.3 Å². The van der Waals surface area contributed by atoms with E-state index in [0.29, 0.717) is 16.8 Å². The maximum atomic E-state index is 14.7. The summed E-state index contributed by atoms with van der Waals surface area (Å²) in [7, 11) is 1.58. The number of phenolic OH excluding ortho intramolecular Hbond substituents is 1. The zero-order valence-electron chi connectivity index (χ0n) is 17.9. The molecule has 3 aromatic rings. The molecule has 4 N–H and O–H groups in total. The third-order valence-corrected chi connectivity index (χ3v) is 5.45. The van der Waals surface area contributed by atoms with Gasteiger partial charge >= 0.3 is 0 Å². The van der Waals surface area contributed by atoms with E-state index < -0.39 is 29.8 Å². The summed E-state index contributed by atoms with van der Waals surface area (Å²) in [6.45, 7) is 0. The molecule has 0 saturated heterocycles. The number of anilines is 1. The Bertz CT molecular complexity index is 1240. The number of benzene rings is 3. The van der Waals surface area contributed by atoms with E-state index in [4.69, 9.17) is 5.73 Å². The van der Waals surface area contributed by atoms with Gasteiger partial charge < -0.3 is 21.1 Å². The molecule has 1 aliphatic rings. The monoisotopic (exact) mass is 446 g/mol. The van der Waals surface area contributed by atoms with Crippen LogP contribution in [-0.2, 0) is 16.0 Å². The zero-order chi connectivity index (χ0) is 23.5. The van der Waals surface area contributed by atoms with Gasteiger partial charge in [0.1, 0.15) is 11.6 Å². The van der Waals surface area contributed by atoms with Gasteiger partial charge in [0.05, 0.1) is 17.4 Å². The highest BCUT2D eigenvalue weighted by Crippen LogP contribution is 2.28. The number of nitrogens with two attached hydrogens (primary N) is 1. The number of carbonyl (C=O) groups is 2. The van der Waals surface area contributed by atoms with E-state index in [0.717, 1.165) is 0 Å². The molecule has 8 heteroatoms. The molecule has 168 valence electrons. The minimum absolute atomic E-state index is 0.0672. The molecule has 0 aromatic heterocycles. The summed E-state index contributed by atoms with van der Waals surface area (Å²) in [4.78, 5) is 31.9. The summed E-state index contributed by atoms with van der Waals surface area (Å²) >= 11 is 0. The van der Waals surface area contributed by atoms with Gasteiger partial charge in [-0.1, -0.05) is 42.5 Å². The Morgan fingerprint density at radius 2 is 1.82 bits per heavy atom. The Kier molecular flexibility index (Phi) is 6.19. The summed E-state index contributed by atoms with van der Waals surface area (Å²) in [5.41, 5.74) is 8.33. The quantitative estimate of drug-likeness (QED) is 0.559. The molecular weight excluding hydrogens is 423 g/mol. The number of amides is 2. The minimum Gasteiger partial charge on any atom is -0.508 e. The average Bonchev–Trinajstić information content (AvgIpc) is 2.90. The second kappa shape index (κ2) is 9.22. The largest absolute Gasteiger partial charge is 0.508 e. The Balaban J connectivity index is 1.67. The third kappa shape index (κ3) is 4.61. The molecule has 33 heavy (non-hydrogen) atoms. The van der Waals surface area contributed by atoms with Crippen LogP contribution in [0.15, 0.2) is 77.8 Å². The van der Waals surface area contributed by atoms with Gasteiger partial charge in [-0.15, -0.1) is 0 Å². The van der Waals surface area contributed by atoms with Crippen molar-refractivity contribution in [2.45, 2.75) is 18.6 Å². The molecule has 4 rings (SSSR count). The van der Waals surface area contributed by atoms with Crippen LogP contribution in [0.5, 0.6) is 5.75 Å². The van der Waals surface area contributed by atoms with E-state index in [1.807, 2.05) is 0 Å². The lowest BCUT2D eigenvalue weighted by molar-refractivity contribution is -0.128. The maximum Gasteiger partial charge on any atom is 0.272 e. The molecule has 2 amide bonds. The molecule has 1 heterocycles. The zero-order valence-corrected chi connectivity index (χ0v) is 17.9. The van der Waals surface area contributed by atoms with E-state index in [-0.39, 0.29) is 23.4 Å². The van der Waals surface area contributed by atoms with Gasteiger partial charge in [0.15, 0.2) is 0 Å². The average molecular weight is 446 g/mol. The first-order valence-electron chi connectivity index (χ1n) is 10.4. The summed E-state index contributed by atoms with van der Waals surface area (Å²) in [5, 5.41) is 12.2. The summed E-state index contributed by atoms with van der Waals surface area (Å²) in [6, 6.07) is 18.6. The van der Waals surface area contributed by atoms with Gasteiger partial charge in [0, 0.05) is 18.2 Å². The number of carbonyl (C=O) groups excluding carboxylic acids is 2. The standard InChI is InChI=1S/C25H23FN4O3/c1-30-21-12-5-3-10-18(21)22(17-9-2-4-11-19(17)26)28-23(25(30)33)29-24(32)20(27)14-15-7-6-8-16(31)13-15/h2-13,20,23,31H,14,27H2,1H3,(H,29,32)/t20-,23?/m0/s1. The van der Waals surface area contributed by atoms with Crippen molar-refractivity contribution in [1.29, 1.82) is 0 Å². The molecule has 1 aliphatic heterocycles. The Hall–Kier alpha value is -4.04. The lowest BCUT2D eigenvalue weighted by Crippen LogP contribution is -2.51. The lowest BCUT2D eigenvalue weighted by atomic mass is 10.00. The van der Waals surface area contributed by atoms with Gasteiger partial charge in [0.25, 0.3) is 5.91 Å². The number of rotatable bonds is 5. The number of fused-ring (bicyclic) bond motifs is 1. The number of hydrogen-bond donors (Lipinski definition) is 3. The molecule has 0 saturated carbocycles. The van der Waals surface area contributed by atoms with Crippen molar-refractivity contribution in [3.8, 4) is 5.75 Å². The fourth-order valence-corrected chi connectivity index (χ4v) is 3.76. The Morgan fingerprint density at radius 3 is 2.55 bits per heavy atom. The van der Waals surface area contributed by atoms with Crippen LogP contribution in [0, 0.1) is 5.82 Å². The van der Waals surface area contributed by atoms with E-state index in [2.05, 4.69) is 10.3 Å². The topological polar surface area (TPSA) is 108 Å². The molecule has 7 nitrogen and oxygen atoms in total. The van der Waals surface area contributed by atoms with Crippen LogP contribution >= 0.6 is 0 Å². The number of hydrogen-bond acceptors (Lipinski definition) is 5. The van der Waals surface area contributed by atoms with Gasteiger partial charge in [-0.05, 0) is 42.3 Å². The molecule has 1 unspecified atom stereocenters. The maximum absolute atomic E-state index is 14.7. The number of nitrogens with zero attached hydrogens (tertiary/aromatic N) is 2. The lowest BCUT2D eigenvalue weighted by Gasteiger charge is -2.22. The first-order valence-corrected chi connectivity index (χ1v) is 10.4. The number of para-hydroxylation sites is 1. The number of phenols is 1. The highest BCUT2D eigenvalue weighted by molar-refractivity contribution is 6.20. The first kappa shape index (κ1) is 22.2. The number of nitrogens with one attached hydrogen (secondary N) is 1. The van der Waals surface area contributed by atoms with Gasteiger partial charge in [0.2, 0.25) is 12.1 Å². The second-order valence-corrected chi connectivity index (χ2v) is 7.76. The van der Waals surface area contributed by atoms with Crippen LogP contribution in [0.4, 0.5) is 10.1 Å². The van der Waals surface area contributed by atoms with Crippen molar-refractivity contribution in [1.82, 2.24) is 5.32 Å². The van der Waals surface area contributed by atoms with Crippen molar-refractivity contribution >= 4 is 23.2 Å². The number of likely N-dealkylation sites (N-methyl/N-ethyl adjacent to an activating group) is 1. The summed E-state index contributed by atoms with van der Waals surface area (Å²) < 4.78 is 14.7. The summed E-state index contributed by atoms with van der Waals surface area (Å²) in [5.74, 6) is -1.49. The number of halogens is 1. The molecule has 0 bridgehead atoms. The minimum atomic E-state index is -1.29. The van der Waals surface area contributed by atoms with Crippen molar-refractivity contribution in [3.63, 3.8) is 0 Å². The van der Waals surface area contributed by atoms with Crippen LogP contribution < -0.4 is 16.0 Å². The molecular formula is C25H23FN4O3. The van der Waals surface area contributed by atoms with Gasteiger partial charge in [-0.3, -0.25) is 9.59 Å². The Labute approximate surface area is 190 Å². The number of benzodiazepines with no additional fused rings is 1. The highest BCUT2D eigenvalue weighted by atomic mass is 19.1. The Morgan fingerprint density at radius 1 is 1.12 bits per heavy atom. The molecule has 0 fully saturated rings. The molecule has 0 radical (unpaired) electrons. The van der Waals surface area contributed by atoms with E-state index in [9.17, 15) is 19.1 Å². The number of aromatic hydroxyl groups is 1. The van der Waals surface area contributed by atoms with Crippen LogP contribution in [0.1, 0.15) is 16.7 Å². The smallest absolute Gasteiger partial charge is 0.272 e. The SMILES string of the molecule is CN1C(=O)C(NC(=O)[C@@H](N)Cc2cccc(O)c2)N=C(c2ccccc2F)c2ccccc21. The van der Waals surface area contributed by atoms with Crippen LogP contribution in [0.3, 0.4) is 0 Å². The van der Waals surface area contributed by atoms with Gasteiger partial charge in [-0.2, -0.15) is 0 Å². The first-order chi connectivity index (χ1) is 15.8. The number of aliphatic imine (C=N–C) groups is 1. The van der Waals surface area contributed by atoms with Crippen molar-refractivity contribution in [2.24, 2.45) is 10.7 Å². The van der Waals surface area contributed by atoms with Crippen LogP contribution in [-0.4, -0.2) is 41.9 Å². The highest BCUT2D eigenvalue weighted by Gasteiger charge is 2.32.